The van der Waals surface area contributed by atoms with E-state index in [0.717, 1.165) is 30.6 Å². The van der Waals surface area contributed by atoms with Crippen LogP contribution >= 0.6 is 0 Å². The Kier molecular flexibility index (Phi) is 3.33. The summed E-state index contributed by atoms with van der Waals surface area (Å²) in [5, 5.41) is 14.2. The standard InChI is InChI=1S/C15H15N3O2/c19-18(20)13-7-2-6-12(10-13)17-14-8-1-4-11-5-3-9-16-15(11)14/h2-3,5-7,9-10,14,17H,1,4,8H2. The molecule has 0 aliphatic heterocycles. The number of aromatic nitrogens is 1. The Balaban J connectivity index is 1.85. The lowest BCUT2D eigenvalue weighted by molar-refractivity contribution is -0.384. The Hall–Kier alpha value is -2.43. The van der Waals surface area contributed by atoms with Gasteiger partial charge in [0.15, 0.2) is 0 Å². The molecule has 0 radical (unpaired) electrons. The van der Waals surface area contributed by atoms with Gasteiger partial charge in [0.25, 0.3) is 5.69 Å². The van der Waals surface area contributed by atoms with Crippen molar-refractivity contribution in [1.82, 2.24) is 4.98 Å². The molecule has 1 aromatic carbocycles. The summed E-state index contributed by atoms with van der Waals surface area (Å²) in [6.45, 7) is 0. The Morgan fingerprint density at radius 2 is 2.20 bits per heavy atom. The molecule has 2 aromatic rings. The van der Waals surface area contributed by atoms with Gasteiger partial charge in [0, 0.05) is 24.0 Å². The minimum absolute atomic E-state index is 0.104. The molecule has 3 rings (SSSR count). The van der Waals surface area contributed by atoms with Crippen LogP contribution in [0.2, 0.25) is 0 Å². The maximum atomic E-state index is 10.8. The zero-order valence-electron chi connectivity index (χ0n) is 11.0. The van der Waals surface area contributed by atoms with Gasteiger partial charge >= 0.3 is 0 Å². The summed E-state index contributed by atoms with van der Waals surface area (Å²) in [6.07, 6.45) is 4.94. The summed E-state index contributed by atoms with van der Waals surface area (Å²) in [5.41, 5.74) is 3.20. The van der Waals surface area contributed by atoms with Crippen LogP contribution in [0.4, 0.5) is 11.4 Å². The van der Waals surface area contributed by atoms with Gasteiger partial charge in [-0.3, -0.25) is 15.1 Å². The van der Waals surface area contributed by atoms with Crippen LogP contribution in [0.15, 0.2) is 42.6 Å². The fraction of sp³-hybridized carbons (Fsp3) is 0.267. The first kappa shape index (κ1) is 12.6. The molecule has 1 aromatic heterocycles. The van der Waals surface area contributed by atoms with Crippen LogP contribution in [-0.2, 0) is 6.42 Å². The van der Waals surface area contributed by atoms with Crippen LogP contribution in [-0.4, -0.2) is 9.91 Å². The zero-order valence-corrected chi connectivity index (χ0v) is 11.0. The molecule has 0 bridgehead atoms. The molecule has 1 aliphatic rings. The van der Waals surface area contributed by atoms with Gasteiger partial charge in [-0.15, -0.1) is 0 Å². The minimum Gasteiger partial charge on any atom is -0.376 e. The Labute approximate surface area is 116 Å². The summed E-state index contributed by atoms with van der Waals surface area (Å²) in [6, 6.07) is 10.8. The van der Waals surface area contributed by atoms with Crippen molar-refractivity contribution >= 4 is 11.4 Å². The highest BCUT2D eigenvalue weighted by Gasteiger charge is 2.21. The molecule has 0 fully saturated rings. The number of nitro benzene ring substituents is 1. The Morgan fingerprint density at radius 1 is 1.30 bits per heavy atom. The molecule has 102 valence electrons. The number of fused-ring (bicyclic) bond motifs is 1. The molecule has 5 heteroatoms. The van der Waals surface area contributed by atoms with Crippen molar-refractivity contribution in [2.24, 2.45) is 0 Å². The smallest absolute Gasteiger partial charge is 0.271 e. The SMILES string of the molecule is O=[N+]([O-])c1cccc(NC2CCCc3cccnc32)c1. The normalized spacial score (nSPS) is 17.3. The highest BCUT2D eigenvalue weighted by atomic mass is 16.6. The molecule has 1 N–H and O–H groups in total. The number of nitrogens with one attached hydrogen (secondary N) is 1. The number of aryl methyl sites for hydroxylation is 1. The molecule has 0 amide bonds. The van der Waals surface area contributed by atoms with Gasteiger partial charge in [0.2, 0.25) is 0 Å². The summed E-state index contributed by atoms with van der Waals surface area (Å²) in [4.78, 5) is 14.9. The van der Waals surface area contributed by atoms with E-state index in [4.69, 9.17) is 0 Å². The van der Waals surface area contributed by atoms with E-state index in [1.165, 1.54) is 11.6 Å². The molecule has 0 spiro atoms. The Morgan fingerprint density at radius 3 is 3.05 bits per heavy atom. The van der Waals surface area contributed by atoms with E-state index >= 15 is 0 Å². The van der Waals surface area contributed by atoms with Crippen molar-refractivity contribution in [3.05, 3.63) is 64.0 Å². The molecule has 1 atom stereocenters. The third-order valence-corrected chi connectivity index (χ3v) is 3.59. The van der Waals surface area contributed by atoms with Crippen molar-refractivity contribution in [3.63, 3.8) is 0 Å². The Bertz CT molecular complexity index is 643. The van der Waals surface area contributed by atoms with E-state index in [0.29, 0.717) is 0 Å². The molecular formula is C15H15N3O2. The zero-order chi connectivity index (χ0) is 13.9. The number of rotatable bonds is 3. The fourth-order valence-electron chi connectivity index (χ4n) is 2.66. The van der Waals surface area contributed by atoms with Crippen molar-refractivity contribution in [3.8, 4) is 0 Å². The first-order valence-electron chi connectivity index (χ1n) is 6.69. The highest BCUT2D eigenvalue weighted by Crippen LogP contribution is 2.31. The average molecular weight is 269 g/mol. The number of nitro groups is 1. The minimum atomic E-state index is -0.377. The van der Waals surface area contributed by atoms with E-state index in [2.05, 4.69) is 16.4 Å². The third-order valence-electron chi connectivity index (χ3n) is 3.59. The van der Waals surface area contributed by atoms with Crippen molar-refractivity contribution in [2.75, 3.05) is 5.32 Å². The van der Waals surface area contributed by atoms with E-state index in [1.807, 2.05) is 12.1 Å². The fourth-order valence-corrected chi connectivity index (χ4v) is 2.66. The lowest BCUT2D eigenvalue weighted by atomic mass is 9.92. The van der Waals surface area contributed by atoms with E-state index in [9.17, 15) is 10.1 Å². The second-order valence-electron chi connectivity index (χ2n) is 4.94. The summed E-state index contributed by atoms with van der Waals surface area (Å²) in [5.74, 6) is 0. The lowest BCUT2D eigenvalue weighted by Crippen LogP contribution is -2.18. The van der Waals surface area contributed by atoms with Crippen molar-refractivity contribution in [2.45, 2.75) is 25.3 Å². The van der Waals surface area contributed by atoms with Crippen LogP contribution in [0.25, 0.3) is 0 Å². The molecule has 1 aliphatic carbocycles. The van der Waals surface area contributed by atoms with Crippen LogP contribution in [0.1, 0.15) is 30.1 Å². The number of nitrogens with zero attached hydrogens (tertiary/aromatic N) is 2. The highest BCUT2D eigenvalue weighted by molar-refractivity contribution is 5.52. The predicted molar refractivity (Wildman–Crippen MR) is 76.6 cm³/mol. The number of non-ortho nitro benzene ring substituents is 1. The van der Waals surface area contributed by atoms with Gasteiger partial charge in [-0.1, -0.05) is 12.1 Å². The van der Waals surface area contributed by atoms with Gasteiger partial charge in [0.05, 0.1) is 16.7 Å². The van der Waals surface area contributed by atoms with Gasteiger partial charge < -0.3 is 5.32 Å². The largest absolute Gasteiger partial charge is 0.376 e. The number of pyridine rings is 1. The average Bonchev–Trinajstić information content (AvgIpc) is 2.48. The van der Waals surface area contributed by atoms with Crippen molar-refractivity contribution in [1.29, 1.82) is 0 Å². The maximum absolute atomic E-state index is 10.8. The monoisotopic (exact) mass is 269 g/mol. The van der Waals surface area contributed by atoms with Crippen molar-refractivity contribution < 1.29 is 4.92 Å². The molecule has 0 saturated carbocycles. The number of anilines is 1. The maximum Gasteiger partial charge on any atom is 0.271 e. The van der Waals surface area contributed by atoms with Gasteiger partial charge in [-0.05, 0) is 37.0 Å². The van der Waals surface area contributed by atoms with Crippen LogP contribution < -0.4 is 5.32 Å². The van der Waals surface area contributed by atoms with E-state index in [-0.39, 0.29) is 16.7 Å². The second kappa shape index (κ2) is 5.28. The molecule has 5 nitrogen and oxygen atoms in total. The summed E-state index contributed by atoms with van der Waals surface area (Å²) < 4.78 is 0. The molecule has 0 saturated heterocycles. The van der Waals surface area contributed by atoms with Gasteiger partial charge in [-0.2, -0.15) is 0 Å². The van der Waals surface area contributed by atoms with Gasteiger partial charge in [-0.25, -0.2) is 0 Å². The molecule has 20 heavy (non-hydrogen) atoms. The summed E-state index contributed by atoms with van der Waals surface area (Å²) in [7, 11) is 0. The van der Waals surface area contributed by atoms with Gasteiger partial charge in [0.1, 0.15) is 0 Å². The van der Waals surface area contributed by atoms with Crippen LogP contribution in [0, 0.1) is 10.1 Å². The summed E-state index contributed by atoms with van der Waals surface area (Å²) >= 11 is 0. The first-order valence-corrected chi connectivity index (χ1v) is 6.69. The lowest BCUT2D eigenvalue weighted by Gasteiger charge is -2.25. The molecule has 1 unspecified atom stereocenters. The predicted octanol–water partition coefficient (Wildman–Crippen LogP) is 3.48. The first-order chi connectivity index (χ1) is 9.74. The van der Waals surface area contributed by atoms with Crippen LogP contribution in [0.5, 0.6) is 0 Å². The number of hydrogen-bond donors (Lipinski definition) is 1. The quantitative estimate of drug-likeness (QED) is 0.684. The van der Waals surface area contributed by atoms with E-state index < -0.39 is 0 Å². The number of hydrogen-bond acceptors (Lipinski definition) is 4. The van der Waals surface area contributed by atoms with Crippen LogP contribution in [0.3, 0.4) is 0 Å². The van der Waals surface area contributed by atoms with E-state index in [1.54, 1.807) is 18.3 Å². The topological polar surface area (TPSA) is 68.1 Å². The third kappa shape index (κ3) is 2.47. The molecule has 1 heterocycles. The molecular weight excluding hydrogens is 254 g/mol. The second-order valence-corrected chi connectivity index (χ2v) is 4.94. The number of benzene rings is 1.